The molecule has 0 fully saturated rings. The molecular weight excluding hydrogens is 317 g/mol. The number of nitrogen functional groups attached to an aromatic ring is 1. The van der Waals surface area contributed by atoms with Gasteiger partial charge in [0.1, 0.15) is 5.75 Å². The van der Waals surface area contributed by atoms with Crippen LogP contribution in [0.4, 0.5) is 24.5 Å². The largest absolute Gasteiger partial charge is 0.497 e. The second kappa shape index (κ2) is 6.36. The minimum atomic E-state index is -4.53. The van der Waals surface area contributed by atoms with E-state index >= 15 is 0 Å². The number of ether oxygens (including phenoxy) is 1. The average molecular weight is 331 g/mol. The summed E-state index contributed by atoms with van der Waals surface area (Å²) in [5.41, 5.74) is 5.87. The van der Waals surface area contributed by atoms with E-state index in [2.05, 4.69) is 5.32 Å². The van der Waals surface area contributed by atoms with Gasteiger partial charge < -0.3 is 15.8 Å². The molecule has 0 saturated carbocycles. The molecule has 0 amide bonds. The Hall–Kier alpha value is -2.08. The minimum absolute atomic E-state index is 0.0211. The fraction of sp³-hybridized carbons (Fsp3) is 0.200. The third-order valence-electron chi connectivity index (χ3n) is 3.09. The highest BCUT2D eigenvalue weighted by atomic mass is 35.5. The lowest BCUT2D eigenvalue weighted by atomic mass is 10.0. The lowest BCUT2D eigenvalue weighted by Gasteiger charge is -2.24. The third kappa shape index (κ3) is 3.76. The molecule has 0 radical (unpaired) electrons. The maximum atomic E-state index is 13.4. The highest BCUT2D eigenvalue weighted by molar-refractivity contribution is 6.30. The minimum Gasteiger partial charge on any atom is -0.497 e. The summed E-state index contributed by atoms with van der Waals surface area (Å²) < 4.78 is 45.1. The summed E-state index contributed by atoms with van der Waals surface area (Å²) in [6.07, 6.45) is -4.53. The number of anilines is 2. The Morgan fingerprint density at radius 3 is 2.32 bits per heavy atom. The van der Waals surface area contributed by atoms with Gasteiger partial charge in [-0.2, -0.15) is 13.2 Å². The molecule has 22 heavy (non-hydrogen) atoms. The van der Waals surface area contributed by atoms with Crippen molar-refractivity contribution in [3.63, 3.8) is 0 Å². The Kier molecular flexibility index (Phi) is 4.71. The monoisotopic (exact) mass is 330 g/mol. The molecule has 0 aliphatic rings. The van der Waals surface area contributed by atoms with Gasteiger partial charge in [0.2, 0.25) is 0 Å². The first-order chi connectivity index (χ1) is 10.3. The number of nitrogens with two attached hydrogens (primary N) is 1. The van der Waals surface area contributed by atoms with Crippen LogP contribution >= 0.6 is 11.6 Å². The van der Waals surface area contributed by atoms with Gasteiger partial charge >= 0.3 is 6.18 Å². The van der Waals surface area contributed by atoms with Crippen molar-refractivity contribution in [3.05, 3.63) is 53.1 Å². The smallest absolute Gasteiger partial charge is 0.412 e. The summed E-state index contributed by atoms with van der Waals surface area (Å²) in [5.74, 6) is 0.552. The predicted octanol–water partition coefficient (Wildman–Crippen LogP) is 4.65. The van der Waals surface area contributed by atoms with Crippen LogP contribution in [-0.2, 0) is 0 Å². The normalized spacial score (nSPS) is 12.8. The molecule has 3 nitrogen and oxygen atoms in total. The highest BCUT2D eigenvalue weighted by Gasteiger charge is 2.42. The number of halogens is 4. The summed E-state index contributed by atoms with van der Waals surface area (Å²) in [4.78, 5) is 0. The molecule has 118 valence electrons. The summed E-state index contributed by atoms with van der Waals surface area (Å²) in [6.45, 7) is 0. The van der Waals surface area contributed by atoms with Crippen molar-refractivity contribution in [2.45, 2.75) is 12.2 Å². The second-order valence-corrected chi connectivity index (χ2v) is 5.06. The zero-order valence-corrected chi connectivity index (χ0v) is 12.4. The van der Waals surface area contributed by atoms with Crippen molar-refractivity contribution < 1.29 is 17.9 Å². The van der Waals surface area contributed by atoms with E-state index in [9.17, 15) is 13.2 Å². The Balaban J connectivity index is 2.36. The number of nitrogens with one attached hydrogen (secondary N) is 1. The van der Waals surface area contributed by atoms with Gasteiger partial charge in [0.05, 0.1) is 7.11 Å². The van der Waals surface area contributed by atoms with Gasteiger partial charge in [-0.25, -0.2) is 0 Å². The van der Waals surface area contributed by atoms with Crippen molar-refractivity contribution >= 4 is 23.0 Å². The summed E-state index contributed by atoms with van der Waals surface area (Å²) in [5, 5.41) is 2.63. The van der Waals surface area contributed by atoms with Gasteiger partial charge in [-0.3, -0.25) is 0 Å². The molecule has 7 heteroatoms. The summed E-state index contributed by atoms with van der Waals surface area (Å²) in [6, 6.07) is 8.18. The van der Waals surface area contributed by atoms with Crippen LogP contribution in [0, 0.1) is 0 Å². The van der Waals surface area contributed by atoms with E-state index in [-0.39, 0.29) is 16.3 Å². The molecular formula is C15H14ClF3N2O. The molecule has 0 aliphatic heterocycles. The van der Waals surface area contributed by atoms with E-state index in [1.807, 2.05) is 0 Å². The molecule has 0 aliphatic carbocycles. The Morgan fingerprint density at radius 1 is 1.14 bits per heavy atom. The van der Waals surface area contributed by atoms with Crippen molar-refractivity contribution in [1.29, 1.82) is 0 Å². The van der Waals surface area contributed by atoms with E-state index in [0.717, 1.165) is 0 Å². The molecule has 1 unspecified atom stereocenters. The fourth-order valence-electron chi connectivity index (χ4n) is 1.99. The van der Waals surface area contributed by atoms with Gasteiger partial charge in [0.15, 0.2) is 6.04 Å². The van der Waals surface area contributed by atoms with Crippen molar-refractivity contribution in [2.75, 3.05) is 18.2 Å². The quantitative estimate of drug-likeness (QED) is 0.802. The number of alkyl halides is 3. The topological polar surface area (TPSA) is 47.3 Å². The van der Waals surface area contributed by atoms with Crippen LogP contribution in [0.5, 0.6) is 5.75 Å². The second-order valence-electron chi connectivity index (χ2n) is 4.62. The van der Waals surface area contributed by atoms with Gasteiger partial charge in [-0.15, -0.1) is 0 Å². The van der Waals surface area contributed by atoms with Crippen LogP contribution < -0.4 is 15.8 Å². The number of rotatable bonds is 4. The first-order valence-electron chi connectivity index (χ1n) is 6.33. The van der Waals surface area contributed by atoms with Gasteiger partial charge in [0.25, 0.3) is 0 Å². The molecule has 1 atom stereocenters. The average Bonchev–Trinajstić information content (AvgIpc) is 2.47. The van der Waals surface area contributed by atoms with Crippen LogP contribution in [0.2, 0.25) is 5.02 Å². The van der Waals surface area contributed by atoms with E-state index < -0.39 is 12.2 Å². The zero-order chi connectivity index (χ0) is 16.3. The van der Waals surface area contributed by atoms with Gasteiger partial charge in [-0.1, -0.05) is 11.6 Å². The predicted molar refractivity (Wildman–Crippen MR) is 81.3 cm³/mol. The molecule has 0 saturated heterocycles. The molecule has 0 heterocycles. The fourth-order valence-corrected chi connectivity index (χ4v) is 2.17. The van der Waals surface area contributed by atoms with Crippen molar-refractivity contribution in [2.24, 2.45) is 0 Å². The Labute approximate surface area is 130 Å². The molecule has 2 aromatic carbocycles. The molecule has 0 spiro atoms. The number of methoxy groups -OCH3 is 1. The molecule has 3 N–H and O–H groups in total. The maximum absolute atomic E-state index is 13.4. The van der Waals surface area contributed by atoms with E-state index in [4.69, 9.17) is 22.1 Å². The molecule has 2 aromatic rings. The lowest BCUT2D eigenvalue weighted by molar-refractivity contribution is -0.143. The van der Waals surface area contributed by atoms with Crippen LogP contribution in [0.3, 0.4) is 0 Å². The third-order valence-corrected chi connectivity index (χ3v) is 3.32. The van der Waals surface area contributed by atoms with Gasteiger partial charge in [-0.05, 0) is 42.5 Å². The molecule has 0 aromatic heterocycles. The standard InChI is InChI=1S/C15H14ClF3N2O/c1-22-11-5-3-10(4-6-11)21-14(15(17,18)19)12-8-9(16)2-7-13(12)20/h2-8,14,21H,20H2,1H3. The maximum Gasteiger partial charge on any atom is 0.412 e. The lowest BCUT2D eigenvalue weighted by Crippen LogP contribution is -2.28. The summed E-state index contributed by atoms with van der Waals surface area (Å²) in [7, 11) is 1.48. The van der Waals surface area contributed by atoms with E-state index in [1.165, 1.54) is 37.4 Å². The highest BCUT2D eigenvalue weighted by Crippen LogP contribution is 2.39. The zero-order valence-electron chi connectivity index (χ0n) is 11.6. The molecule has 0 bridgehead atoms. The Bertz CT molecular complexity index is 644. The number of hydrogen-bond acceptors (Lipinski definition) is 3. The first-order valence-corrected chi connectivity index (χ1v) is 6.71. The van der Waals surface area contributed by atoms with E-state index in [0.29, 0.717) is 11.4 Å². The molecule has 2 rings (SSSR count). The van der Waals surface area contributed by atoms with E-state index in [1.54, 1.807) is 12.1 Å². The van der Waals surface area contributed by atoms with Crippen LogP contribution in [0.25, 0.3) is 0 Å². The van der Waals surface area contributed by atoms with Crippen LogP contribution in [0.1, 0.15) is 11.6 Å². The SMILES string of the molecule is COc1ccc(NC(c2cc(Cl)ccc2N)C(F)(F)F)cc1. The first kappa shape index (κ1) is 16.3. The van der Waals surface area contributed by atoms with Crippen LogP contribution in [-0.4, -0.2) is 13.3 Å². The van der Waals surface area contributed by atoms with Crippen molar-refractivity contribution in [1.82, 2.24) is 0 Å². The summed E-state index contributed by atoms with van der Waals surface area (Å²) >= 11 is 5.79. The van der Waals surface area contributed by atoms with Crippen LogP contribution in [0.15, 0.2) is 42.5 Å². The Morgan fingerprint density at radius 2 is 1.77 bits per heavy atom. The van der Waals surface area contributed by atoms with Gasteiger partial charge in [0, 0.05) is 22.0 Å². The number of benzene rings is 2. The number of hydrogen-bond donors (Lipinski definition) is 2. The van der Waals surface area contributed by atoms with Crippen molar-refractivity contribution in [3.8, 4) is 5.75 Å².